The van der Waals surface area contributed by atoms with Crippen molar-refractivity contribution in [2.24, 2.45) is 0 Å². The molecule has 2 aromatic heterocycles. The molecular formula is C56H44N4. The molecule has 2 heterocycles. The maximum Gasteiger partial charge on any atom is 0.0542 e. The van der Waals surface area contributed by atoms with E-state index in [9.17, 15) is 0 Å². The topological polar surface area (TPSA) is 16.3 Å². The second-order valence-electron chi connectivity index (χ2n) is 15.2. The third kappa shape index (κ3) is 6.18. The van der Waals surface area contributed by atoms with Crippen molar-refractivity contribution >= 4 is 66.4 Å². The number of allylic oxidation sites excluding steroid dienone is 3. The quantitative estimate of drug-likeness (QED) is 0.129. The number of aromatic nitrogens is 2. The zero-order chi connectivity index (χ0) is 40.7. The summed E-state index contributed by atoms with van der Waals surface area (Å²) in [6.07, 6.45) is 3.99. The number of hydrogen-bond acceptors (Lipinski definition) is 2. The molecule has 4 nitrogen and oxygen atoms in total. The summed E-state index contributed by atoms with van der Waals surface area (Å²) in [7, 11) is 0. The summed E-state index contributed by atoms with van der Waals surface area (Å²) >= 11 is 0. The summed E-state index contributed by atoms with van der Waals surface area (Å²) in [6, 6.07) is 69.6. The van der Waals surface area contributed by atoms with Gasteiger partial charge in [0.05, 0.1) is 22.1 Å². The van der Waals surface area contributed by atoms with Gasteiger partial charge in [0.15, 0.2) is 0 Å². The summed E-state index contributed by atoms with van der Waals surface area (Å²) in [6.45, 7) is 12.8. The van der Waals surface area contributed by atoms with Gasteiger partial charge in [-0.3, -0.25) is 0 Å². The third-order valence-electron chi connectivity index (χ3n) is 11.7. The average molecular weight is 773 g/mol. The lowest BCUT2D eigenvalue weighted by molar-refractivity contribution is 1.14. The number of benzene rings is 8. The molecule has 4 heteroatoms. The number of hydrogen-bond donors (Lipinski definition) is 0. The minimum atomic E-state index is 0.806. The van der Waals surface area contributed by atoms with Crippen LogP contribution in [0.1, 0.15) is 13.8 Å². The third-order valence-corrected chi connectivity index (χ3v) is 11.7. The molecule has 288 valence electrons. The van der Waals surface area contributed by atoms with Crippen molar-refractivity contribution in [2.75, 3.05) is 9.80 Å². The second kappa shape index (κ2) is 15.2. The number of para-hydroxylation sites is 4. The highest BCUT2D eigenvalue weighted by atomic mass is 15.2. The van der Waals surface area contributed by atoms with Crippen LogP contribution < -0.4 is 9.80 Å². The van der Waals surface area contributed by atoms with Gasteiger partial charge in [0.2, 0.25) is 0 Å². The van der Waals surface area contributed by atoms with Crippen molar-refractivity contribution in [3.05, 3.63) is 231 Å². The van der Waals surface area contributed by atoms with Gasteiger partial charge in [0.25, 0.3) is 0 Å². The molecule has 0 unspecified atom stereocenters. The molecule has 0 radical (unpaired) electrons. The highest BCUT2D eigenvalue weighted by Gasteiger charge is 2.19. The van der Waals surface area contributed by atoms with Crippen molar-refractivity contribution in [3.63, 3.8) is 0 Å². The van der Waals surface area contributed by atoms with Crippen LogP contribution in [0.25, 0.3) is 66.1 Å². The van der Waals surface area contributed by atoms with Gasteiger partial charge in [0, 0.05) is 67.1 Å². The lowest BCUT2D eigenvalue weighted by atomic mass is 10.0. The lowest BCUT2D eigenvalue weighted by Gasteiger charge is -2.27. The van der Waals surface area contributed by atoms with Crippen LogP contribution in [0, 0.1) is 0 Å². The zero-order valence-corrected chi connectivity index (χ0v) is 33.8. The first kappa shape index (κ1) is 36.5. The van der Waals surface area contributed by atoms with Crippen LogP contribution in [-0.4, -0.2) is 9.13 Å². The van der Waals surface area contributed by atoms with Gasteiger partial charge in [-0.15, -0.1) is 0 Å². The number of nitrogens with zero attached hydrogens (tertiary/aromatic N) is 4. The van der Waals surface area contributed by atoms with Gasteiger partial charge in [-0.05, 0) is 128 Å². The van der Waals surface area contributed by atoms with E-state index in [0.717, 1.165) is 62.2 Å². The van der Waals surface area contributed by atoms with Crippen molar-refractivity contribution in [3.8, 4) is 22.5 Å². The largest absolute Gasteiger partial charge is 0.315 e. The molecule has 8 aromatic carbocycles. The van der Waals surface area contributed by atoms with Crippen molar-refractivity contribution < 1.29 is 0 Å². The molecule has 0 fully saturated rings. The molecule has 0 saturated heterocycles. The molecular weight excluding hydrogens is 729 g/mol. The van der Waals surface area contributed by atoms with Crippen molar-refractivity contribution in [1.82, 2.24) is 9.13 Å². The Hall–Kier alpha value is -7.82. The van der Waals surface area contributed by atoms with Gasteiger partial charge in [-0.2, -0.15) is 0 Å². The normalized spacial score (nSPS) is 11.7. The van der Waals surface area contributed by atoms with Crippen molar-refractivity contribution in [1.29, 1.82) is 0 Å². The van der Waals surface area contributed by atoms with E-state index in [-0.39, 0.29) is 0 Å². The van der Waals surface area contributed by atoms with E-state index < -0.39 is 0 Å². The Labute approximate surface area is 351 Å². The average Bonchev–Trinajstić information content (AvgIpc) is 3.82. The number of fused-ring (bicyclic) bond motifs is 6. The first-order chi connectivity index (χ1) is 29.5. The molecule has 0 amide bonds. The van der Waals surface area contributed by atoms with Gasteiger partial charge in [0.1, 0.15) is 0 Å². The molecule has 0 saturated carbocycles. The van der Waals surface area contributed by atoms with E-state index in [0.29, 0.717) is 0 Å². The molecule has 0 bridgehead atoms. The summed E-state index contributed by atoms with van der Waals surface area (Å²) in [5.41, 5.74) is 15.6. The van der Waals surface area contributed by atoms with E-state index in [4.69, 9.17) is 0 Å². The Morgan fingerprint density at radius 1 is 0.433 bits per heavy atom. The molecule has 0 spiro atoms. The molecule has 10 aromatic rings. The molecule has 10 rings (SSSR count). The summed E-state index contributed by atoms with van der Waals surface area (Å²) in [5.74, 6) is 0. The van der Waals surface area contributed by atoms with Crippen molar-refractivity contribution in [2.45, 2.75) is 13.8 Å². The fourth-order valence-electron chi connectivity index (χ4n) is 8.77. The zero-order valence-electron chi connectivity index (χ0n) is 33.8. The first-order valence-corrected chi connectivity index (χ1v) is 20.4. The van der Waals surface area contributed by atoms with E-state index in [1.165, 1.54) is 38.1 Å². The number of anilines is 4. The maximum atomic E-state index is 4.41. The van der Waals surface area contributed by atoms with E-state index in [2.05, 4.69) is 246 Å². The minimum Gasteiger partial charge on any atom is -0.315 e. The smallest absolute Gasteiger partial charge is 0.0542 e. The fraction of sp³-hybridized carbons (Fsp3) is 0.0357. The Morgan fingerprint density at radius 2 is 0.817 bits per heavy atom. The standard InChI is InChI=1S/C56H44N4/c1-5-39(3)57(47-33-35-55-51(37-47)49-21-13-15-23-53(49)59(55)43-17-9-7-10-18-43)45-29-25-41(26-30-45)42-27-31-46(32-28-42)58(40(4)6-2)48-34-36-56-52(38-48)50-22-14-16-24-54(50)60(56)44-19-11-8-12-20-44/h5-38H,1,3H2,2,4H3/b40-6+. The molecule has 0 atom stereocenters. The molecule has 0 aliphatic rings. The molecule has 0 aliphatic heterocycles. The first-order valence-electron chi connectivity index (χ1n) is 20.4. The van der Waals surface area contributed by atoms with Crippen LogP contribution in [0.4, 0.5) is 22.7 Å². The van der Waals surface area contributed by atoms with Crippen LogP contribution in [-0.2, 0) is 0 Å². The SMILES string of the molecule is C=CC(=C)N(c1ccc(-c2ccc(N(/C(C)=C/C)c3ccc4c(c3)c3ccccc3n4-c3ccccc3)cc2)cc1)c1ccc2c(c1)c1ccccc1n2-c1ccccc1. The molecule has 60 heavy (non-hydrogen) atoms. The van der Waals surface area contributed by atoms with Gasteiger partial charge < -0.3 is 18.9 Å². The van der Waals surface area contributed by atoms with Crippen LogP contribution in [0.2, 0.25) is 0 Å². The highest BCUT2D eigenvalue weighted by Crippen LogP contribution is 2.40. The Kier molecular flexibility index (Phi) is 9.23. The molecule has 0 aliphatic carbocycles. The fourth-order valence-corrected chi connectivity index (χ4v) is 8.77. The summed E-state index contributed by atoms with van der Waals surface area (Å²) < 4.78 is 4.70. The van der Waals surface area contributed by atoms with Crippen LogP contribution in [0.15, 0.2) is 231 Å². The summed E-state index contributed by atoms with van der Waals surface area (Å²) in [5, 5.41) is 4.86. The monoisotopic (exact) mass is 772 g/mol. The van der Waals surface area contributed by atoms with Crippen LogP contribution >= 0.6 is 0 Å². The van der Waals surface area contributed by atoms with Crippen LogP contribution in [0.5, 0.6) is 0 Å². The second-order valence-corrected chi connectivity index (χ2v) is 15.2. The predicted molar refractivity (Wildman–Crippen MR) is 256 cm³/mol. The Bertz CT molecular complexity index is 3030. The minimum absolute atomic E-state index is 0.806. The van der Waals surface area contributed by atoms with E-state index in [1.807, 2.05) is 6.08 Å². The van der Waals surface area contributed by atoms with Gasteiger partial charge in [-0.1, -0.05) is 116 Å². The lowest BCUT2D eigenvalue weighted by Crippen LogP contribution is -2.14. The number of rotatable bonds is 10. The Morgan fingerprint density at radius 3 is 1.27 bits per heavy atom. The molecule has 0 N–H and O–H groups in total. The predicted octanol–water partition coefficient (Wildman–Crippen LogP) is 15.4. The van der Waals surface area contributed by atoms with Gasteiger partial charge >= 0.3 is 0 Å². The Balaban J connectivity index is 0.975. The van der Waals surface area contributed by atoms with Gasteiger partial charge in [-0.25, -0.2) is 0 Å². The summed E-state index contributed by atoms with van der Waals surface area (Å²) in [4.78, 5) is 4.52. The highest BCUT2D eigenvalue weighted by molar-refractivity contribution is 6.11. The van der Waals surface area contributed by atoms with E-state index >= 15 is 0 Å². The maximum absolute atomic E-state index is 4.41. The van der Waals surface area contributed by atoms with E-state index in [1.54, 1.807) is 0 Å². The van der Waals surface area contributed by atoms with Crippen LogP contribution in [0.3, 0.4) is 0 Å².